The van der Waals surface area contributed by atoms with Gasteiger partial charge in [0, 0.05) is 19.1 Å². The molecule has 1 atom stereocenters. The molecule has 1 aromatic carbocycles. The van der Waals surface area contributed by atoms with E-state index in [4.69, 9.17) is 4.74 Å². The van der Waals surface area contributed by atoms with Crippen molar-refractivity contribution in [1.29, 1.82) is 0 Å². The molecule has 1 aromatic rings. The van der Waals surface area contributed by atoms with Crippen LogP contribution in [0.3, 0.4) is 0 Å². The highest BCUT2D eigenvalue weighted by Gasteiger charge is 2.29. The van der Waals surface area contributed by atoms with Crippen LogP contribution >= 0.6 is 0 Å². The number of nitrogens with zero attached hydrogens (tertiary/aromatic N) is 1. The van der Waals surface area contributed by atoms with Crippen LogP contribution < -0.4 is 5.32 Å². The highest BCUT2D eigenvalue weighted by atomic mass is 16.6. The van der Waals surface area contributed by atoms with Crippen LogP contribution in [-0.2, 0) is 11.2 Å². The van der Waals surface area contributed by atoms with E-state index in [9.17, 15) is 4.79 Å². The monoisotopic (exact) mass is 290 g/mol. The SMILES string of the molecule is CC(C)(C)OC(=O)N1CCNCCC1Cc1ccccc1. The Morgan fingerprint density at radius 3 is 2.67 bits per heavy atom. The van der Waals surface area contributed by atoms with Crippen LogP contribution in [-0.4, -0.2) is 42.3 Å². The number of rotatable bonds is 2. The van der Waals surface area contributed by atoms with Gasteiger partial charge < -0.3 is 15.0 Å². The standard InChI is InChI=1S/C17H26N2O2/c1-17(2,3)21-16(20)19-12-11-18-10-9-15(19)13-14-7-5-4-6-8-14/h4-8,15,18H,9-13H2,1-3H3. The molecule has 4 nitrogen and oxygen atoms in total. The molecule has 1 N–H and O–H groups in total. The van der Waals surface area contributed by atoms with Crippen molar-refractivity contribution in [2.45, 2.75) is 45.3 Å². The summed E-state index contributed by atoms with van der Waals surface area (Å²) in [6, 6.07) is 10.5. The van der Waals surface area contributed by atoms with Gasteiger partial charge in [0.2, 0.25) is 0 Å². The summed E-state index contributed by atoms with van der Waals surface area (Å²) in [5.41, 5.74) is 0.812. The van der Waals surface area contributed by atoms with E-state index in [-0.39, 0.29) is 12.1 Å². The zero-order valence-electron chi connectivity index (χ0n) is 13.3. The van der Waals surface area contributed by atoms with Gasteiger partial charge in [-0.25, -0.2) is 4.79 Å². The predicted octanol–water partition coefficient (Wildman–Crippen LogP) is 2.83. The molecule has 0 spiro atoms. The lowest BCUT2D eigenvalue weighted by atomic mass is 10.0. The molecule has 0 bridgehead atoms. The molecule has 21 heavy (non-hydrogen) atoms. The van der Waals surface area contributed by atoms with Crippen LogP contribution in [0.1, 0.15) is 32.8 Å². The second-order valence-electron chi connectivity index (χ2n) is 6.56. The van der Waals surface area contributed by atoms with Gasteiger partial charge in [0.1, 0.15) is 5.60 Å². The summed E-state index contributed by atoms with van der Waals surface area (Å²) in [5.74, 6) is 0. The van der Waals surface area contributed by atoms with Crippen molar-refractivity contribution in [1.82, 2.24) is 10.2 Å². The maximum absolute atomic E-state index is 12.4. The van der Waals surface area contributed by atoms with Crippen molar-refractivity contribution >= 4 is 6.09 Å². The van der Waals surface area contributed by atoms with E-state index in [1.54, 1.807) is 0 Å². The molecule has 2 rings (SSSR count). The van der Waals surface area contributed by atoms with E-state index < -0.39 is 5.60 Å². The summed E-state index contributed by atoms with van der Waals surface area (Å²) >= 11 is 0. The quantitative estimate of drug-likeness (QED) is 0.910. The molecule has 0 saturated carbocycles. The first kappa shape index (κ1) is 15.8. The van der Waals surface area contributed by atoms with E-state index >= 15 is 0 Å². The summed E-state index contributed by atoms with van der Waals surface area (Å²) in [6.45, 7) is 8.20. The Morgan fingerprint density at radius 1 is 1.29 bits per heavy atom. The molecule has 116 valence electrons. The molecular weight excluding hydrogens is 264 g/mol. The number of benzene rings is 1. The molecule has 1 saturated heterocycles. The number of ether oxygens (including phenoxy) is 1. The smallest absolute Gasteiger partial charge is 0.410 e. The van der Waals surface area contributed by atoms with Gasteiger partial charge in [0.15, 0.2) is 0 Å². The maximum Gasteiger partial charge on any atom is 0.410 e. The van der Waals surface area contributed by atoms with Crippen molar-refractivity contribution in [3.8, 4) is 0 Å². The summed E-state index contributed by atoms with van der Waals surface area (Å²) in [4.78, 5) is 14.3. The zero-order valence-corrected chi connectivity index (χ0v) is 13.3. The first-order chi connectivity index (χ1) is 9.96. The number of carbonyl (C=O) groups is 1. The Labute approximate surface area is 127 Å². The summed E-state index contributed by atoms with van der Waals surface area (Å²) in [6.07, 6.45) is 1.63. The van der Waals surface area contributed by atoms with Crippen LogP contribution in [0, 0.1) is 0 Å². The Hall–Kier alpha value is -1.55. The third-order valence-electron chi connectivity index (χ3n) is 3.57. The van der Waals surface area contributed by atoms with Crippen LogP contribution in [0.2, 0.25) is 0 Å². The third-order valence-corrected chi connectivity index (χ3v) is 3.57. The summed E-state index contributed by atoms with van der Waals surface area (Å²) < 4.78 is 5.56. The fraction of sp³-hybridized carbons (Fsp3) is 0.588. The second kappa shape index (κ2) is 6.94. The van der Waals surface area contributed by atoms with E-state index in [1.807, 2.05) is 43.9 Å². The van der Waals surface area contributed by atoms with Crippen molar-refractivity contribution < 1.29 is 9.53 Å². The average molecular weight is 290 g/mol. The summed E-state index contributed by atoms with van der Waals surface area (Å²) in [5, 5.41) is 3.36. The van der Waals surface area contributed by atoms with Gasteiger partial charge in [-0.15, -0.1) is 0 Å². The highest BCUT2D eigenvalue weighted by molar-refractivity contribution is 5.68. The van der Waals surface area contributed by atoms with Gasteiger partial charge in [-0.1, -0.05) is 30.3 Å². The number of carbonyl (C=O) groups excluding carboxylic acids is 1. The van der Waals surface area contributed by atoms with Crippen LogP contribution in [0.4, 0.5) is 4.79 Å². The molecule has 4 heteroatoms. The Morgan fingerprint density at radius 2 is 2.00 bits per heavy atom. The van der Waals surface area contributed by atoms with Gasteiger partial charge in [-0.3, -0.25) is 0 Å². The topological polar surface area (TPSA) is 41.6 Å². The molecule has 1 unspecified atom stereocenters. The van der Waals surface area contributed by atoms with Crippen LogP contribution in [0.15, 0.2) is 30.3 Å². The zero-order chi connectivity index (χ0) is 15.3. The first-order valence-corrected chi connectivity index (χ1v) is 7.70. The minimum Gasteiger partial charge on any atom is -0.444 e. The van der Waals surface area contributed by atoms with Gasteiger partial charge in [-0.05, 0) is 45.7 Å². The maximum atomic E-state index is 12.4. The van der Waals surface area contributed by atoms with Crippen molar-refractivity contribution in [3.63, 3.8) is 0 Å². The van der Waals surface area contributed by atoms with E-state index in [1.165, 1.54) is 5.56 Å². The largest absolute Gasteiger partial charge is 0.444 e. The van der Waals surface area contributed by atoms with Crippen molar-refractivity contribution in [2.24, 2.45) is 0 Å². The summed E-state index contributed by atoms with van der Waals surface area (Å²) in [7, 11) is 0. The lowest BCUT2D eigenvalue weighted by Gasteiger charge is -2.32. The molecule has 1 aliphatic rings. The molecule has 1 aliphatic heterocycles. The van der Waals surface area contributed by atoms with Gasteiger partial charge in [0.25, 0.3) is 0 Å². The number of amides is 1. The molecule has 0 radical (unpaired) electrons. The average Bonchev–Trinajstić information content (AvgIpc) is 2.63. The van der Waals surface area contributed by atoms with E-state index in [0.29, 0.717) is 6.54 Å². The number of hydrogen-bond donors (Lipinski definition) is 1. The number of hydrogen-bond acceptors (Lipinski definition) is 3. The minimum atomic E-state index is -0.450. The van der Waals surface area contributed by atoms with Gasteiger partial charge in [-0.2, -0.15) is 0 Å². The Balaban J connectivity index is 2.08. The third kappa shape index (κ3) is 5.05. The molecular formula is C17H26N2O2. The van der Waals surface area contributed by atoms with E-state index in [2.05, 4.69) is 17.4 Å². The molecule has 0 aromatic heterocycles. The number of nitrogens with one attached hydrogen (secondary N) is 1. The fourth-order valence-corrected chi connectivity index (χ4v) is 2.59. The molecule has 1 amide bonds. The normalized spacial score (nSPS) is 20.0. The predicted molar refractivity (Wildman–Crippen MR) is 84.4 cm³/mol. The molecule has 1 heterocycles. The molecule has 0 aliphatic carbocycles. The Bertz CT molecular complexity index is 454. The molecule has 1 fully saturated rings. The van der Waals surface area contributed by atoms with Crippen LogP contribution in [0.5, 0.6) is 0 Å². The lowest BCUT2D eigenvalue weighted by molar-refractivity contribution is 0.0174. The van der Waals surface area contributed by atoms with Crippen molar-refractivity contribution in [3.05, 3.63) is 35.9 Å². The highest BCUT2D eigenvalue weighted by Crippen LogP contribution is 2.17. The second-order valence-corrected chi connectivity index (χ2v) is 6.56. The first-order valence-electron chi connectivity index (χ1n) is 7.70. The van der Waals surface area contributed by atoms with Gasteiger partial charge >= 0.3 is 6.09 Å². The minimum absolute atomic E-state index is 0.192. The fourth-order valence-electron chi connectivity index (χ4n) is 2.59. The van der Waals surface area contributed by atoms with Crippen LogP contribution in [0.25, 0.3) is 0 Å². The van der Waals surface area contributed by atoms with Crippen molar-refractivity contribution in [2.75, 3.05) is 19.6 Å². The van der Waals surface area contributed by atoms with E-state index in [0.717, 1.165) is 25.9 Å². The lowest BCUT2D eigenvalue weighted by Crippen LogP contribution is -2.45. The van der Waals surface area contributed by atoms with Gasteiger partial charge in [0.05, 0.1) is 0 Å². The Kier molecular flexibility index (Phi) is 5.23.